The maximum Gasteiger partial charge on any atom is 0.407 e. The number of carbonyl (C=O) groups excluding carboxylic acids is 1. The van der Waals surface area contributed by atoms with Crippen LogP contribution in [0.3, 0.4) is 0 Å². The van der Waals surface area contributed by atoms with Gasteiger partial charge in [0.25, 0.3) is 0 Å². The van der Waals surface area contributed by atoms with Gasteiger partial charge >= 0.3 is 6.09 Å². The molecule has 0 radical (unpaired) electrons. The molecule has 136 valence electrons. The van der Waals surface area contributed by atoms with E-state index in [9.17, 15) is 4.79 Å². The first-order valence-electron chi connectivity index (χ1n) is 8.74. The van der Waals surface area contributed by atoms with Crippen LogP contribution in [0.4, 0.5) is 4.79 Å². The molecule has 1 atom stereocenters. The third kappa shape index (κ3) is 5.82. The zero-order valence-electron chi connectivity index (χ0n) is 15.8. The molecule has 2 rings (SSSR count). The van der Waals surface area contributed by atoms with E-state index in [1.54, 1.807) is 0 Å². The van der Waals surface area contributed by atoms with Crippen LogP contribution in [0.2, 0.25) is 0 Å². The van der Waals surface area contributed by atoms with E-state index in [4.69, 9.17) is 4.74 Å². The maximum atomic E-state index is 11.8. The first-order valence-corrected chi connectivity index (χ1v) is 8.74. The zero-order valence-corrected chi connectivity index (χ0v) is 15.8. The molecule has 1 saturated carbocycles. The molecule has 1 aromatic rings. The van der Waals surface area contributed by atoms with Gasteiger partial charge in [-0.3, -0.25) is 0 Å². The highest BCUT2D eigenvalue weighted by atomic mass is 16.6. The van der Waals surface area contributed by atoms with E-state index in [0.717, 1.165) is 19.4 Å². The number of nitrogens with zero attached hydrogens (tertiary/aromatic N) is 2. The molecule has 1 heterocycles. The number of hydrogen-bond donors (Lipinski definition) is 2. The molecule has 6 nitrogen and oxygen atoms in total. The highest BCUT2D eigenvalue weighted by molar-refractivity contribution is 5.68. The van der Waals surface area contributed by atoms with Crippen molar-refractivity contribution in [2.75, 3.05) is 0 Å². The molecule has 1 aromatic heterocycles. The molecule has 0 aliphatic heterocycles. The lowest BCUT2D eigenvalue weighted by Gasteiger charge is -2.42. The average Bonchev–Trinajstić information content (AvgIpc) is 2.84. The van der Waals surface area contributed by atoms with Gasteiger partial charge in [-0.25, -0.2) is 9.78 Å². The van der Waals surface area contributed by atoms with Gasteiger partial charge in [0.2, 0.25) is 0 Å². The van der Waals surface area contributed by atoms with Gasteiger partial charge < -0.3 is 19.9 Å². The maximum absolute atomic E-state index is 11.8. The molecule has 24 heavy (non-hydrogen) atoms. The average molecular weight is 336 g/mol. The van der Waals surface area contributed by atoms with Gasteiger partial charge in [-0.2, -0.15) is 0 Å². The van der Waals surface area contributed by atoms with Crippen molar-refractivity contribution < 1.29 is 9.53 Å². The van der Waals surface area contributed by atoms with Crippen molar-refractivity contribution in [1.82, 2.24) is 20.2 Å². The van der Waals surface area contributed by atoms with Gasteiger partial charge in [0.15, 0.2) is 0 Å². The molecule has 0 aromatic carbocycles. The minimum absolute atomic E-state index is 0.147. The second-order valence-electron chi connectivity index (χ2n) is 8.86. The summed E-state index contributed by atoms with van der Waals surface area (Å²) >= 11 is 0. The Balaban J connectivity index is 1.78. The Bertz CT molecular complexity index is 522. The molecule has 1 amide bonds. The molecule has 1 aliphatic carbocycles. The van der Waals surface area contributed by atoms with Crippen LogP contribution in [0, 0.1) is 5.41 Å². The molecule has 2 N–H and O–H groups in total. The highest BCUT2D eigenvalue weighted by Crippen LogP contribution is 2.26. The minimum Gasteiger partial charge on any atom is -0.444 e. The molecule has 0 bridgehead atoms. The molecule has 1 unspecified atom stereocenters. The second kappa shape index (κ2) is 7.13. The Labute approximate surface area is 145 Å². The van der Waals surface area contributed by atoms with Crippen LogP contribution in [-0.2, 0) is 11.3 Å². The van der Waals surface area contributed by atoms with E-state index in [-0.39, 0.29) is 17.6 Å². The van der Waals surface area contributed by atoms with Crippen LogP contribution in [0.5, 0.6) is 0 Å². The van der Waals surface area contributed by atoms with E-state index in [0.29, 0.717) is 12.1 Å². The summed E-state index contributed by atoms with van der Waals surface area (Å²) in [6.07, 6.45) is 7.22. The Morgan fingerprint density at radius 2 is 1.92 bits per heavy atom. The Hall–Kier alpha value is -1.56. The molecule has 6 heteroatoms. The molecular weight excluding hydrogens is 304 g/mol. The first-order chi connectivity index (χ1) is 11.0. The van der Waals surface area contributed by atoms with E-state index in [2.05, 4.69) is 41.0 Å². The monoisotopic (exact) mass is 336 g/mol. The van der Waals surface area contributed by atoms with Crippen molar-refractivity contribution in [3.8, 4) is 0 Å². The van der Waals surface area contributed by atoms with Gasteiger partial charge in [-0.1, -0.05) is 20.8 Å². The predicted molar refractivity (Wildman–Crippen MR) is 94.8 cm³/mol. The predicted octanol–water partition coefficient (Wildman–Crippen LogP) is 2.94. The summed E-state index contributed by atoms with van der Waals surface area (Å²) in [5, 5.41) is 6.69. The van der Waals surface area contributed by atoms with Crippen LogP contribution >= 0.6 is 0 Å². The summed E-state index contributed by atoms with van der Waals surface area (Å²) in [5.41, 5.74) is -0.304. The van der Waals surface area contributed by atoms with Crippen molar-refractivity contribution in [2.45, 2.75) is 84.7 Å². The van der Waals surface area contributed by atoms with Crippen molar-refractivity contribution in [2.24, 2.45) is 5.41 Å². The lowest BCUT2D eigenvalue weighted by atomic mass is 9.81. The third-order valence-corrected chi connectivity index (χ3v) is 4.29. The molecule has 1 aliphatic rings. The number of rotatable bonds is 5. The minimum atomic E-state index is -0.451. The Morgan fingerprint density at radius 1 is 1.25 bits per heavy atom. The van der Waals surface area contributed by atoms with Crippen molar-refractivity contribution in [1.29, 1.82) is 0 Å². The van der Waals surface area contributed by atoms with E-state index in [1.807, 2.05) is 39.5 Å². The quantitative estimate of drug-likeness (QED) is 0.867. The second-order valence-corrected chi connectivity index (χ2v) is 8.86. The number of alkyl carbamates (subject to hydrolysis) is 1. The lowest BCUT2D eigenvalue weighted by molar-refractivity contribution is 0.0455. The van der Waals surface area contributed by atoms with Gasteiger partial charge in [0.1, 0.15) is 5.60 Å². The van der Waals surface area contributed by atoms with Crippen LogP contribution in [-0.4, -0.2) is 39.4 Å². The van der Waals surface area contributed by atoms with Crippen molar-refractivity contribution >= 4 is 6.09 Å². The van der Waals surface area contributed by atoms with Crippen LogP contribution < -0.4 is 10.6 Å². The SMILES string of the molecule is CC(C)(C)OC(=O)NC1CC(NC(Cn2ccnc2)C(C)(C)C)C1. The van der Waals surface area contributed by atoms with Crippen LogP contribution in [0.1, 0.15) is 54.4 Å². The first kappa shape index (κ1) is 18.8. The Kier molecular flexibility index (Phi) is 5.58. The van der Waals surface area contributed by atoms with E-state index in [1.165, 1.54) is 0 Å². The number of hydrogen-bond acceptors (Lipinski definition) is 4. The van der Waals surface area contributed by atoms with Gasteiger partial charge in [0, 0.05) is 37.1 Å². The van der Waals surface area contributed by atoms with E-state index >= 15 is 0 Å². The fourth-order valence-electron chi connectivity index (χ4n) is 2.81. The Morgan fingerprint density at radius 3 is 2.42 bits per heavy atom. The fourth-order valence-corrected chi connectivity index (χ4v) is 2.81. The normalized spacial score (nSPS) is 22.6. The highest BCUT2D eigenvalue weighted by Gasteiger charge is 2.35. The number of imidazole rings is 1. The number of aromatic nitrogens is 2. The van der Waals surface area contributed by atoms with Gasteiger partial charge in [-0.05, 0) is 39.0 Å². The van der Waals surface area contributed by atoms with E-state index < -0.39 is 5.60 Å². The summed E-state index contributed by atoms with van der Waals surface area (Å²) in [4.78, 5) is 15.9. The number of amides is 1. The molecule has 0 saturated heterocycles. The van der Waals surface area contributed by atoms with Crippen molar-refractivity contribution in [3.05, 3.63) is 18.7 Å². The topological polar surface area (TPSA) is 68.2 Å². The summed E-state index contributed by atoms with van der Waals surface area (Å²) in [6, 6.07) is 0.975. The standard InChI is InChI=1S/C18H32N4O2/c1-17(2,3)15(11-22-8-7-19-12-22)20-13-9-14(10-13)21-16(23)24-18(4,5)6/h7-8,12-15,20H,9-11H2,1-6H3,(H,21,23). The van der Waals surface area contributed by atoms with Gasteiger partial charge in [-0.15, -0.1) is 0 Å². The fraction of sp³-hybridized carbons (Fsp3) is 0.778. The molecule has 1 fully saturated rings. The summed E-state index contributed by atoms with van der Waals surface area (Å²) < 4.78 is 7.41. The summed E-state index contributed by atoms with van der Waals surface area (Å²) in [6.45, 7) is 13.3. The number of ether oxygens (including phenoxy) is 1. The summed E-state index contributed by atoms with van der Waals surface area (Å²) in [7, 11) is 0. The summed E-state index contributed by atoms with van der Waals surface area (Å²) in [5.74, 6) is 0. The largest absolute Gasteiger partial charge is 0.444 e. The molecular formula is C18H32N4O2. The van der Waals surface area contributed by atoms with Crippen molar-refractivity contribution in [3.63, 3.8) is 0 Å². The number of nitrogens with one attached hydrogen (secondary N) is 2. The third-order valence-electron chi connectivity index (χ3n) is 4.29. The van der Waals surface area contributed by atoms with Gasteiger partial charge in [0.05, 0.1) is 6.33 Å². The van der Waals surface area contributed by atoms with Crippen LogP contribution in [0.15, 0.2) is 18.7 Å². The lowest BCUT2D eigenvalue weighted by Crippen LogP contribution is -2.58. The zero-order chi connectivity index (χ0) is 18.0. The number of carbonyl (C=O) groups is 1. The van der Waals surface area contributed by atoms with Crippen LogP contribution in [0.25, 0.3) is 0 Å². The smallest absolute Gasteiger partial charge is 0.407 e. The molecule has 0 spiro atoms.